The third-order valence-corrected chi connectivity index (χ3v) is 5.19. The smallest absolute Gasteiger partial charge is 0.185 e. The molecule has 3 rings (SSSR count). The second kappa shape index (κ2) is 4.94. The summed E-state index contributed by atoms with van der Waals surface area (Å²) in [6.07, 6.45) is 7.78. The second-order valence-corrected chi connectivity index (χ2v) is 6.10. The predicted octanol–water partition coefficient (Wildman–Crippen LogP) is 2.73. The van der Waals surface area contributed by atoms with Crippen molar-refractivity contribution in [1.82, 2.24) is 10.3 Å². The standard InChI is InChI=1S/C13H21N3S/c1-14-10-6-5-7-11-12(10)17-13(15-11)16-8-3-2-4-9-16/h10,14H,2-9H2,1H3. The lowest BCUT2D eigenvalue weighted by Gasteiger charge is -2.25. The topological polar surface area (TPSA) is 28.2 Å². The molecule has 1 fully saturated rings. The summed E-state index contributed by atoms with van der Waals surface area (Å²) in [5.41, 5.74) is 1.36. The van der Waals surface area contributed by atoms with E-state index in [0.29, 0.717) is 6.04 Å². The Morgan fingerprint density at radius 3 is 2.82 bits per heavy atom. The maximum absolute atomic E-state index is 4.88. The molecule has 0 saturated carbocycles. The molecule has 0 amide bonds. The van der Waals surface area contributed by atoms with Crippen LogP contribution in [0.5, 0.6) is 0 Å². The van der Waals surface area contributed by atoms with Gasteiger partial charge in [-0.05, 0) is 45.6 Å². The molecule has 17 heavy (non-hydrogen) atoms. The van der Waals surface area contributed by atoms with Crippen molar-refractivity contribution in [2.45, 2.75) is 44.6 Å². The van der Waals surface area contributed by atoms with E-state index in [1.807, 2.05) is 11.3 Å². The zero-order valence-corrected chi connectivity index (χ0v) is 11.4. The molecule has 94 valence electrons. The van der Waals surface area contributed by atoms with Crippen molar-refractivity contribution in [1.29, 1.82) is 0 Å². The van der Waals surface area contributed by atoms with Gasteiger partial charge in [0.15, 0.2) is 5.13 Å². The van der Waals surface area contributed by atoms with Gasteiger partial charge in [0.1, 0.15) is 0 Å². The first-order chi connectivity index (χ1) is 8.38. The van der Waals surface area contributed by atoms with Gasteiger partial charge in [-0.15, -0.1) is 0 Å². The number of nitrogens with zero attached hydrogens (tertiary/aromatic N) is 2. The molecule has 0 bridgehead atoms. The summed E-state index contributed by atoms with van der Waals surface area (Å²) in [5, 5.41) is 4.70. The highest BCUT2D eigenvalue weighted by Gasteiger charge is 2.25. The highest BCUT2D eigenvalue weighted by molar-refractivity contribution is 7.15. The minimum Gasteiger partial charge on any atom is -0.348 e. The van der Waals surface area contributed by atoms with Crippen LogP contribution in [0.2, 0.25) is 0 Å². The van der Waals surface area contributed by atoms with Crippen LogP contribution >= 0.6 is 11.3 Å². The van der Waals surface area contributed by atoms with Crippen LogP contribution in [0.4, 0.5) is 5.13 Å². The zero-order valence-electron chi connectivity index (χ0n) is 10.5. The first-order valence-corrected chi connectivity index (χ1v) is 7.62. The van der Waals surface area contributed by atoms with Gasteiger partial charge in [-0.3, -0.25) is 0 Å². The third-order valence-electron chi connectivity index (χ3n) is 3.91. The molecule has 1 unspecified atom stereocenters. The Morgan fingerprint density at radius 2 is 2.06 bits per heavy atom. The largest absolute Gasteiger partial charge is 0.348 e. The lowest BCUT2D eigenvalue weighted by Crippen LogP contribution is -2.29. The summed E-state index contributed by atoms with van der Waals surface area (Å²) >= 11 is 1.93. The lowest BCUT2D eigenvalue weighted by molar-refractivity contribution is 0.500. The van der Waals surface area contributed by atoms with Gasteiger partial charge < -0.3 is 10.2 Å². The maximum atomic E-state index is 4.88. The molecule has 1 atom stereocenters. The van der Waals surface area contributed by atoms with E-state index in [9.17, 15) is 0 Å². The molecule has 1 aliphatic carbocycles. The number of hydrogen-bond acceptors (Lipinski definition) is 4. The van der Waals surface area contributed by atoms with Crippen LogP contribution in [0.3, 0.4) is 0 Å². The average Bonchev–Trinajstić information content (AvgIpc) is 2.83. The fourth-order valence-electron chi connectivity index (χ4n) is 2.90. The minimum atomic E-state index is 0.551. The zero-order chi connectivity index (χ0) is 11.7. The molecule has 3 nitrogen and oxygen atoms in total. The predicted molar refractivity (Wildman–Crippen MR) is 72.9 cm³/mol. The first kappa shape index (κ1) is 11.5. The Balaban J connectivity index is 1.84. The molecule has 1 aliphatic heterocycles. The Morgan fingerprint density at radius 1 is 1.24 bits per heavy atom. The number of nitrogens with one attached hydrogen (secondary N) is 1. The normalized spacial score (nSPS) is 24.8. The van der Waals surface area contributed by atoms with Gasteiger partial charge >= 0.3 is 0 Å². The SMILES string of the molecule is CNC1CCCc2nc(N3CCCCC3)sc21. The number of thiazole rings is 1. The van der Waals surface area contributed by atoms with Crippen molar-refractivity contribution in [3.8, 4) is 0 Å². The Kier molecular flexibility index (Phi) is 3.34. The highest BCUT2D eigenvalue weighted by Crippen LogP contribution is 2.37. The Labute approximate surface area is 107 Å². The Hall–Kier alpha value is -0.610. The monoisotopic (exact) mass is 251 g/mol. The van der Waals surface area contributed by atoms with E-state index in [2.05, 4.69) is 17.3 Å². The summed E-state index contributed by atoms with van der Waals surface area (Å²) in [6.45, 7) is 2.41. The van der Waals surface area contributed by atoms with E-state index in [0.717, 1.165) is 0 Å². The van der Waals surface area contributed by atoms with Gasteiger partial charge in [0.25, 0.3) is 0 Å². The molecular weight excluding hydrogens is 230 g/mol. The Bertz CT molecular complexity index is 382. The van der Waals surface area contributed by atoms with Crippen molar-refractivity contribution < 1.29 is 0 Å². The van der Waals surface area contributed by atoms with E-state index in [1.165, 1.54) is 67.3 Å². The van der Waals surface area contributed by atoms with E-state index in [1.54, 1.807) is 0 Å². The van der Waals surface area contributed by atoms with Crippen molar-refractivity contribution in [3.05, 3.63) is 10.6 Å². The van der Waals surface area contributed by atoms with Gasteiger partial charge in [-0.25, -0.2) is 4.98 Å². The van der Waals surface area contributed by atoms with Crippen LogP contribution in [0.15, 0.2) is 0 Å². The highest BCUT2D eigenvalue weighted by atomic mass is 32.1. The van der Waals surface area contributed by atoms with Crippen molar-refractivity contribution in [2.75, 3.05) is 25.0 Å². The fourth-order valence-corrected chi connectivity index (χ4v) is 4.21. The number of hydrogen-bond donors (Lipinski definition) is 1. The minimum absolute atomic E-state index is 0.551. The molecule has 1 saturated heterocycles. The van der Waals surface area contributed by atoms with Gasteiger partial charge in [0, 0.05) is 24.0 Å². The molecule has 4 heteroatoms. The quantitative estimate of drug-likeness (QED) is 0.876. The second-order valence-electron chi connectivity index (χ2n) is 5.09. The summed E-state index contributed by atoms with van der Waals surface area (Å²) in [5.74, 6) is 0. The molecule has 0 radical (unpaired) electrons. The average molecular weight is 251 g/mol. The van der Waals surface area contributed by atoms with Crippen LogP contribution in [0.25, 0.3) is 0 Å². The van der Waals surface area contributed by atoms with Crippen LogP contribution in [0, 0.1) is 0 Å². The molecule has 0 spiro atoms. The molecule has 1 N–H and O–H groups in total. The van der Waals surface area contributed by atoms with Crippen molar-refractivity contribution in [2.24, 2.45) is 0 Å². The van der Waals surface area contributed by atoms with Crippen LogP contribution in [0.1, 0.15) is 48.7 Å². The van der Waals surface area contributed by atoms with Crippen molar-refractivity contribution in [3.63, 3.8) is 0 Å². The van der Waals surface area contributed by atoms with Gasteiger partial charge in [-0.2, -0.15) is 0 Å². The van der Waals surface area contributed by atoms with Gasteiger partial charge in [0.2, 0.25) is 0 Å². The number of anilines is 1. The molecule has 2 heterocycles. The third kappa shape index (κ3) is 2.20. The number of rotatable bonds is 2. The van der Waals surface area contributed by atoms with E-state index >= 15 is 0 Å². The molecule has 1 aromatic rings. The molecule has 2 aliphatic rings. The summed E-state index contributed by atoms with van der Waals surface area (Å²) in [7, 11) is 2.07. The molecule has 1 aromatic heterocycles. The van der Waals surface area contributed by atoms with Crippen molar-refractivity contribution >= 4 is 16.5 Å². The first-order valence-electron chi connectivity index (χ1n) is 6.80. The van der Waals surface area contributed by atoms with E-state index in [-0.39, 0.29) is 0 Å². The fraction of sp³-hybridized carbons (Fsp3) is 0.769. The summed E-state index contributed by atoms with van der Waals surface area (Å²) < 4.78 is 0. The van der Waals surface area contributed by atoms with Gasteiger partial charge in [-0.1, -0.05) is 11.3 Å². The van der Waals surface area contributed by atoms with Crippen LogP contribution in [-0.4, -0.2) is 25.1 Å². The molecule has 0 aromatic carbocycles. The summed E-state index contributed by atoms with van der Waals surface area (Å²) in [4.78, 5) is 8.86. The summed E-state index contributed by atoms with van der Waals surface area (Å²) in [6, 6.07) is 0.551. The van der Waals surface area contributed by atoms with Crippen LogP contribution < -0.4 is 10.2 Å². The van der Waals surface area contributed by atoms with Gasteiger partial charge in [0.05, 0.1) is 5.69 Å². The van der Waals surface area contributed by atoms with Crippen LogP contribution in [-0.2, 0) is 6.42 Å². The number of aryl methyl sites for hydroxylation is 1. The lowest BCUT2D eigenvalue weighted by atomic mass is 9.98. The molecular formula is C13H21N3S. The number of fused-ring (bicyclic) bond motifs is 1. The van der Waals surface area contributed by atoms with E-state index in [4.69, 9.17) is 4.98 Å². The number of piperidine rings is 1. The van der Waals surface area contributed by atoms with E-state index < -0.39 is 0 Å². The maximum Gasteiger partial charge on any atom is 0.185 e. The number of aromatic nitrogens is 1.